The Morgan fingerprint density at radius 1 is 0.963 bits per heavy atom. The second-order valence-corrected chi connectivity index (χ2v) is 7.01. The van der Waals surface area contributed by atoms with Gasteiger partial charge in [0.1, 0.15) is 0 Å². The monoisotopic (exact) mass is 393 g/mol. The van der Waals surface area contributed by atoms with Gasteiger partial charge in [-0.25, -0.2) is 0 Å². The Hall–Kier alpha value is -2.86. The van der Waals surface area contributed by atoms with Crippen LogP contribution in [-0.2, 0) is 0 Å². The zero-order chi connectivity index (χ0) is 19.6. The lowest BCUT2D eigenvalue weighted by molar-refractivity contribution is -0.0882. The third-order valence-corrected chi connectivity index (χ3v) is 5.30. The summed E-state index contributed by atoms with van der Waals surface area (Å²) in [7, 11) is 0. The van der Waals surface area contributed by atoms with E-state index >= 15 is 0 Å². The van der Waals surface area contributed by atoms with E-state index in [-0.39, 0.29) is 10.8 Å². The number of carbonyl (C=O) groups excluding carboxylic acids is 2. The number of amides is 1. The lowest BCUT2D eigenvalue weighted by atomic mass is 10.2. The lowest BCUT2D eigenvalue weighted by Crippen LogP contribution is -2.48. The van der Waals surface area contributed by atoms with Crippen LogP contribution in [0.25, 0.3) is 0 Å². The Labute approximate surface area is 157 Å². The standard InChI is InChI=1S/C18H14F3N3O2S/c19-18(20,21)16(25)14-5-6-15(27-14)17(26)24-9-7-23(8-10-24)13-3-1-12(11-22)2-4-13/h1-6H,7-10H2. The highest BCUT2D eigenvalue weighted by atomic mass is 32.1. The van der Waals surface area contributed by atoms with E-state index in [0.717, 1.165) is 11.8 Å². The summed E-state index contributed by atoms with van der Waals surface area (Å²) in [5.74, 6) is -2.31. The van der Waals surface area contributed by atoms with Crippen molar-refractivity contribution in [3.8, 4) is 6.07 Å². The molecule has 0 N–H and O–H groups in total. The van der Waals surface area contributed by atoms with Gasteiger partial charge in [-0.15, -0.1) is 11.3 Å². The predicted molar refractivity (Wildman–Crippen MR) is 94.0 cm³/mol. The van der Waals surface area contributed by atoms with Gasteiger partial charge in [-0.2, -0.15) is 18.4 Å². The molecule has 9 heteroatoms. The van der Waals surface area contributed by atoms with Gasteiger partial charge in [0, 0.05) is 31.9 Å². The molecule has 0 saturated carbocycles. The number of nitrogens with zero attached hydrogens (tertiary/aromatic N) is 3. The van der Waals surface area contributed by atoms with Gasteiger partial charge in [0.05, 0.1) is 21.4 Å². The Balaban J connectivity index is 1.62. The molecule has 0 bridgehead atoms. The van der Waals surface area contributed by atoms with E-state index in [4.69, 9.17) is 5.26 Å². The second kappa shape index (κ2) is 7.40. The summed E-state index contributed by atoms with van der Waals surface area (Å²) in [6.07, 6.45) is -4.95. The molecule has 1 aromatic carbocycles. The topological polar surface area (TPSA) is 64.4 Å². The molecule has 0 atom stereocenters. The zero-order valence-corrected chi connectivity index (χ0v) is 14.8. The first-order chi connectivity index (χ1) is 12.8. The summed E-state index contributed by atoms with van der Waals surface area (Å²) in [4.78, 5) is 27.0. The van der Waals surface area contributed by atoms with Gasteiger partial charge in [0.25, 0.3) is 11.7 Å². The Bertz CT molecular complexity index is 892. The first-order valence-electron chi connectivity index (χ1n) is 8.05. The molecule has 27 heavy (non-hydrogen) atoms. The molecule has 1 saturated heterocycles. The van der Waals surface area contributed by atoms with Crippen LogP contribution in [0.2, 0.25) is 0 Å². The smallest absolute Gasteiger partial charge is 0.368 e. The van der Waals surface area contributed by atoms with Crippen LogP contribution in [0.5, 0.6) is 0 Å². The minimum Gasteiger partial charge on any atom is -0.368 e. The van der Waals surface area contributed by atoms with Crippen molar-refractivity contribution in [3.05, 3.63) is 51.7 Å². The normalized spacial score (nSPS) is 14.7. The number of ketones is 1. The molecule has 0 spiro atoms. The zero-order valence-electron chi connectivity index (χ0n) is 14.0. The summed E-state index contributed by atoms with van der Waals surface area (Å²) >= 11 is 0.566. The number of hydrogen-bond acceptors (Lipinski definition) is 5. The SMILES string of the molecule is N#Cc1ccc(N2CCN(C(=O)c3ccc(C(=O)C(F)(F)F)s3)CC2)cc1. The number of rotatable bonds is 3. The first kappa shape index (κ1) is 18.9. The fourth-order valence-corrected chi connectivity index (χ4v) is 3.72. The molecule has 0 aliphatic carbocycles. The average Bonchev–Trinajstić information content (AvgIpc) is 3.16. The Morgan fingerprint density at radius 2 is 1.56 bits per heavy atom. The highest BCUT2D eigenvalue weighted by Gasteiger charge is 2.40. The molecule has 0 unspecified atom stereocenters. The van der Waals surface area contributed by atoms with Crippen LogP contribution in [0, 0.1) is 11.3 Å². The molecule has 2 heterocycles. The number of alkyl halides is 3. The maximum absolute atomic E-state index is 12.5. The quantitative estimate of drug-likeness (QED) is 0.751. The van der Waals surface area contributed by atoms with Crippen LogP contribution >= 0.6 is 11.3 Å². The summed E-state index contributed by atoms with van der Waals surface area (Å²) in [6, 6.07) is 11.5. The molecular formula is C18H14F3N3O2S. The average molecular weight is 393 g/mol. The third-order valence-electron chi connectivity index (χ3n) is 4.23. The number of benzene rings is 1. The Morgan fingerprint density at radius 3 is 2.11 bits per heavy atom. The minimum absolute atomic E-state index is 0.120. The van der Waals surface area contributed by atoms with Crippen molar-refractivity contribution in [1.82, 2.24) is 4.90 Å². The van der Waals surface area contributed by atoms with E-state index in [1.54, 1.807) is 17.0 Å². The van der Waals surface area contributed by atoms with E-state index in [0.29, 0.717) is 43.1 Å². The highest BCUT2D eigenvalue weighted by Crippen LogP contribution is 2.27. The van der Waals surface area contributed by atoms with E-state index in [9.17, 15) is 22.8 Å². The molecule has 1 amide bonds. The number of Topliss-reactive ketones (excluding diaryl/α,β-unsaturated/α-hetero) is 1. The van der Waals surface area contributed by atoms with Crippen LogP contribution in [0.15, 0.2) is 36.4 Å². The van der Waals surface area contributed by atoms with Crippen molar-refractivity contribution in [2.45, 2.75) is 6.18 Å². The molecule has 1 aliphatic heterocycles. The molecule has 3 rings (SSSR count). The molecular weight excluding hydrogens is 379 g/mol. The van der Waals surface area contributed by atoms with Gasteiger partial charge in [-0.05, 0) is 36.4 Å². The molecule has 1 fully saturated rings. The molecule has 2 aromatic rings. The molecule has 140 valence electrons. The lowest BCUT2D eigenvalue weighted by Gasteiger charge is -2.36. The second-order valence-electron chi connectivity index (χ2n) is 5.93. The van der Waals surface area contributed by atoms with Gasteiger partial charge >= 0.3 is 6.18 Å². The largest absolute Gasteiger partial charge is 0.455 e. The minimum atomic E-state index is -4.95. The van der Waals surface area contributed by atoms with E-state index in [1.165, 1.54) is 6.07 Å². The van der Waals surface area contributed by atoms with Crippen LogP contribution in [0.3, 0.4) is 0 Å². The number of carbonyl (C=O) groups is 2. The van der Waals surface area contributed by atoms with Crippen molar-refractivity contribution in [2.75, 3.05) is 31.1 Å². The molecule has 1 aromatic heterocycles. The van der Waals surface area contributed by atoms with Crippen LogP contribution in [-0.4, -0.2) is 48.9 Å². The number of anilines is 1. The first-order valence-corrected chi connectivity index (χ1v) is 8.87. The predicted octanol–water partition coefficient (Wildman–Crippen LogP) is 3.33. The van der Waals surface area contributed by atoms with E-state index in [2.05, 4.69) is 11.0 Å². The fraction of sp³-hybridized carbons (Fsp3) is 0.278. The van der Waals surface area contributed by atoms with E-state index in [1.807, 2.05) is 12.1 Å². The number of thiophene rings is 1. The summed E-state index contributed by atoms with van der Waals surface area (Å²) in [6.45, 7) is 1.97. The highest BCUT2D eigenvalue weighted by molar-refractivity contribution is 7.16. The molecule has 5 nitrogen and oxygen atoms in total. The maximum atomic E-state index is 12.5. The Kier molecular flexibility index (Phi) is 5.19. The van der Waals surface area contributed by atoms with Crippen LogP contribution in [0.4, 0.5) is 18.9 Å². The number of hydrogen-bond donors (Lipinski definition) is 0. The number of halogens is 3. The van der Waals surface area contributed by atoms with Crippen LogP contribution < -0.4 is 4.90 Å². The van der Waals surface area contributed by atoms with Crippen molar-refractivity contribution in [2.24, 2.45) is 0 Å². The molecule has 0 radical (unpaired) electrons. The van der Waals surface area contributed by atoms with Gasteiger partial charge < -0.3 is 9.80 Å². The maximum Gasteiger partial charge on any atom is 0.455 e. The number of nitriles is 1. The summed E-state index contributed by atoms with van der Waals surface area (Å²) in [5.41, 5.74) is 1.50. The van der Waals surface area contributed by atoms with Gasteiger partial charge in [-0.1, -0.05) is 0 Å². The van der Waals surface area contributed by atoms with Gasteiger partial charge in [0.2, 0.25) is 0 Å². The summed E-state index contributed by atoms with van der Waals surface area (Å²) in [5, 5.41) is 8.83. The third kappa shape index (κ3) is 4.11. The molecule has 1 aliphatic rings. The van der Waals surface area contributed by atoms with Crippen molar-refractivity contribution >= 4 is 28.7 Å². The van der Waals surface area contributed by atoms with Crippen LogP contribution in [0.1, 0.15) is 24.9 Å². The van der Waals surface area contributed by atoms with E-state index < -0.39 is 16.8 Å². The van der Waals surface area contributed by atoms with Crippen molar-refractivity contribution < 1.29 is 22.8 Å². The number of piperazine rings is 1. The van der Waals surface area contributed by atoms with Crippen molar-refractivity contribution in [3.63, 3.8) is 0 Å². The van der Waals surface area contributed by atoms with Crippen molar-refractivity contribution in [1.29, 1.82) is 5.26 Å². The van der Waals surface area contributed by atoms with Gasteiger partial charge in [-0.3, -0.25) is 9.59 Å². The van der Waals surface area contributed by atoms with Gasteiger partial charge in [0.15, 0.2) is 0 Å². The fourth-order valence-electron chi connectivity index (χ4n) is 2.78. The summed E-state index contributed by atoms with van der Waals surface area (Å²) < 4.78 is 37.5.